The molecule has 29 heavy (non-hydrogen) atoms. The lowest BCUT2D eigenvalue weighted by Gasteiger charge is -2.38. The maximum atomic E-state index is 10.3. The Hall–Kier alpha value is -3.54. The molecule has 2 aromatic carbocycles. The number of pyridine rings is 1. The first-order chi connectivity index (χ1) is 14.3. The Bertz CT molecular complexity index is 1070. The van der Waals surface area contributed by atoms with Gasteiger partial charge in [0.05, 0.1) is 18.4 Å². The molecule has 1 aromatic heterocycles. The number of hydrogen-bond donors (Lipinski definition) is 1. The quantitative estimate of drug-likeness (QED) is 0.717. The third kappa shape index (κ3) is 2.97. The zero-order valence-corrected chi connectivity index (χ0v) is 16.0. The van der Waals surface area contributed by atoms with Crippen LogP contribution in [0.5, 0.6) is 17.2 Å². The van der Waals surface area contributed by atoms with E-state index in [1.165, 1.54) is 0 Å². The van der Waals surface area contributed by atoms with Crippen LogP contribution in [0.2, 0.25) is 0 Å². The summed E-state index contributed by atoms with van der Waals surface area (Å²) in [5.74, 6) is 1.69. The maximum absolute atomic E-state index is 10.3. The molecule has 5 rings (SSSR count). The number of hydrazone groups is 1. The average Bonchev–Trinajstić information content (AvgIpc) is 3.20. The first-order valence-electron chi connectivity index (χ1n) is 9.73. The Morgan fingerprint density at radius 2 is 1.97 bits per heavy atom. The number of aromatic nitrogens is 1. The van der Waals surface area contributed by atoms with Crippen molar-refractivity contribution in [1.82, 2.24) is 9.99 Å². The summed E-state index contributed by atoms with van der Waals surface area (Å²) in [7, 11) is 0. The number of hydrogen-bond acceptors (Lipinski definition) is 6. The lowest BCUT2D eigenvalue weighted by molar-refractivity contribution is -0.0240. The topological polar surface area (TPSA) is 67.2 Å². The first kappa shape index (κ1) is 17.6. The SMILES string of the molecule is CCOc1cccc2c1O[C@H](c1ccccn1)N1N=C(c3ccccc3O)C[C@H]21. The molecular formula is C23H21N3O3. The zero-order valence-electron chi connectivity index (χ0n) is 16.0. The van der Waals surface area contributed by atoms with Crippen molar-refractivity contribution in [2.24, 2.45) is 5.10 Å². The van der Waals surface area contributed by atoms with Crippen molar-refractivity contribution in [2.45, 2.75) is 25.6 Å². The number of ether oxygens (including phenoxy) is 2. The molecule has 0 unspecified atom stereocenters. The third-order valence-electron chi connectivity index (χ3n) is 5.24. The van der Waals surface area contributed by atoms with E-state index in [-0.39, 0.29) is 11.8 Å². The molecule has 0 amide bonds. The van der Waals surface area contributed by atoms with E-state index in [0.29, 0.717) is 13.0 Å². The van der Waals surface area contributed by atoms with Crippen LogP contribution in [-0.2, 0) is 0 Å². The van der Waals surface area contributed by atoms with E-state index in [1.54, 1.807) is 12.3 Å². The summed E-state index contributed by atoms with van der Waals surface area (Å²) < 4.78 is 12.2. The summed E-state index contributed by atoms with van der Waals surface area (Å²) in [5.41, 5.74) is 3.37. The van der Waals surface area contributed by atoms with Crippen LogP contribution in [0.4, 0.5) is 0 Å². The van der Waals surface area contributed by atoms with Crippen molar-refractivity contribution in [1.29, 1.82) is 0 Å². The summed E-state index contributed by atoms with van der Waals surface area (Å²) in [5, 5.41) is 17.1. The molecule has 0 fully saturated rings. The van der Waals surface area contributed by atoms with Gasteiger partial charge in [-0.2, -0.15) is 5.10 Å². The lowest BCUT2D eigenvalue weighted by Crippen LogP contribution is -2.34. The minimum Gasteiger partial charge on any atom is -0.507 e. The highest BCUT2D eigenvalue weighted by Gasteiger charge is 2.42. The van der Waals surface area contributed by atoms with E-state index in [0.717, 1.165) is 34.0 Å². The van der Waals surface area contributed by atoms with Gasteiger partial charge in [-0.05, 0) is 37.3 Å². The highest BCUT2D eigenvalue weighted by molar-refractivity contribution is 6.04. The fraction of sp³-hybridized carbons (Fsp3) is 0.217. The first-order valence-corrected chi connectivity index (χ1v) is 9.73. The van der Waals surface area contributed by atoms with Crippen molar-refractivity contribution < 1.29 is 14.6 Å². The molecule has 1 N–H and O–H groups in total. The van der Waals surface area contributed by atoms with Gasteiger partial charge in [0.15, 0.2) is 11.5 Å². The van der Waals surface area contributed by atoms with Gasteiger partial charge in [0.1, 0.15) is 11.4 Å². The van der Waals surface area contributed by atoms with Crippen molar-refractivity contribution in [3.63, 3.8) is 0 Å². The highest BCUT2D eigenvalue weighted by atomic mass is 16.5. The number of nitrogens with zero attached hydrogens (tertiary/aromatic N) is 3. The summed E-state index contributed by atoms with van der Waals surface area (Å²) in [4.78, 5) is 4.50. The summed E-state index contributed by atoms with van der Waals surface area (Å²) in [6.45, 7) is 2.52. The minimum atomic E-state index is -0.473. The molecule has 3 aromatic rings. The molecule has 2 atom stereocenters. The normalized spacial score (nSPS) is 19.8. The van der Waals surface area contributed by atoms with E-state index < -0.39 is 6.23 Å². The molecule has 6 heteroatoms. The number of para-hydroxylation sites is 2. The second-order valence-electron chi connectivity index (χ2n) is 7.00. The number of phenolic OH excluding ortho intramolecular Hbond substituents is 1. The molecule has 0 aliphatic carbocycles. The standard InChI is InChI=1S/C23H21N3O3/c1-2-28-21-12-7-9-16-19-14-18(15-8-3-4-11-20(15)27)25-26(19)23(29-22(16)21)17-10-5-6-13-24-17/h3-13,19,23,27H,2,14H2,1H3/t19-,23-/m1/s1. The van der Waals surface area contributed by atoms with Gasteiger partial charge in [0, 0.05) is 23.7 Å². The van der Waals surface area contributed by atoms with Crippen LogP contribution in [0.25, 0.3) is 0 Å². The van der Waals surface area contributed by atoms with Crippen LogP contribution in [0.1, 0.15) is 42.4 Å². The molecular weight excluding hydrogens is 366 g/mol. The van der Waals surface area contributed by atoms with E-state index in [9.17, 15) is 5.11 Å². The Morgan fingerprint density at radius 3 is 2.76 bits per heavy atom. The number of fused-ring (bicyclic) bond motifs is 3. The second-order valence-corrected chi connectivity index (χ2v) is 7.00. The average molecular weight is 387 g/mol. The van der Waals surface area contributed by atoms with E-state index >= 15 is 0 Å². The molecule has 2 aliphatic heterocycles. The van der Waals surface area contributed by atoms with E-state index in [2.05, 4.69) is 4.98 Å². The van der Waals surface area contributed by atoms with Crippen molar-refractivity contribution in [3.05, 3.63) is 83.7 Å². The Labute approximate surface area is 169 Å². The Morgan fingerprint density at radius 1 is 1.10 bits per heavy atom. The van der Waals surface area contributed by atoms with Gasteiger partial charge < -0.3 is 14.6 Å². The van der Waals surface area contributed by atoms with Gasteiger partial charge in [0.25, 0.3) is 0 Å². The second kappa shape index (κ2) is 7.13. The third-order valence-corrected chi connectivity index (χ3v) is 5.24. The minimum absolute atomic E-state index is 0.0271. The van der Waals surface area contributed by atoms with Crippen LogP contribution in [0.3, 0.4) is 0 Å². The molecule has 0 saturated heterocycles. The number of phenols is 1. The van der Waals surface area contributed by atoms with Gasteiger partial charge in [-0.25, -0.2) is 5.01 Å². The number of benzene rings is 2. The zero-order chi connectivity index (χ0) is 19.8. The lowest BCUT2D eigenvalue weighted by atomic mass is 9.95. The largest absolute Gasteiger partial charge is 0.507 e. The molecule has 0 spiro atoms. The molecule has 0 saturated carbocycles. The number of aromatic hydroxyl groups is 1. The maximum Gasteiger partial charge on any atom is 0.230 e. The van der Waals surface area contributed by atoms with Crippen molar-refractivity contribution in [2.75, 3.05) is 6.61 Å². The summed E-state index contributed by atoms with van der Waals surface area (Å²) >= 11 is 0. The van der Waals surface area contributed by atoms with E-state index in [4.69, 9.17) is 14.6 Å². The van der Waals surface area contributed by atoms with Crippen LogP contribution >= 0.6 is 0 Å². The molecule has 146 valence electrons. The fourth-order valence-electron chi connectivity index (χ4n) is 3.95. The predicted octanol–water partition coefficient (Wildman–Crippen LogP) is 4.43. The predicted molar refractivity (Wildman–Crippen MR) is 109 cm³/mol. The Kier molecular flexibility index (Phi) is 4.31. The van der Waals surface area contributed by atoms with Crippen molar-refractivity contribution in [3.8, 4) is 17.2 Å². The summed E-state index contributed by atoms with van der Waals surface area (Å²) in [6, 6.07) is 19.0. The van der Waals surface area contributed by atoms with Gasteiger partial charge >= 0.3 is 0 Å². The van der Waals surface area contributed by atoms with Gasteiger partial charge in [0.2, 0.25) is 6.23 Å². The van der Waals surface area contributed by atoms with E-state index in [1.807, 2.05) is 66.5 Å². The monoisotopic (exact) mass is 387 g/mol. The van der Waals surface area contributed by atoms with Crippen LogP contribution in [0.15, 0.2) is 72.0 Å². The fourth-order valence-corrected chi connectivity index (χ4v) is 3.95. The highest BCUT2D eigenvalue weighted by Crippen LogP contribution is 2.50. The molecule has 0 radical (unpaired) electrons. The Balaban J connectivity index is 1.63. The number of rotatable bonds is 4. The van der Waals surface area contributed by atoms with Crippen LogP contribution in [0, 0.1) is 0 Å². The van der Waals surface area contributed by atoms with Gasteiger partial charge in [-0.1, -0.05) is 30.3 Å². The molecule has 2 aliphatic rings. The molecule has 3 heterocycles. The summed E-state index contributed by atoms with van der Waals surface area (Å²) in [6.07, 6.45) is 1.94. The van der Waals surface area contributed by atoms with Crippen LogP contribution < -0.4 is 9.47 Å². The van der Waals surface area contributed by atoms with Gasteiger partial charge in [-0.15, -0.1) is 0 Å². The molecule has 0 bridgehead atoms. The van der Waals surface area contributed by atoms with Crippen LogP contribution in [-0.4, -0.2) is 27.4 Å². The van der Waals surface area contributed by atoms with Gasteiger partial charge in [-0.3, -0.25) is 4.98 Å². The smallest absolute Gasteiger partial charge is 0.230 e. The van der Waals surface area contributed by atoms with Crippen molar-refractivity contribution >= 4 is 5.71 Å². The molecule has 6 nitrogen and oxygen atoms in total.